The van der Waals surface area contributed by atoms with Gasteiger partial charge < -0.3 is 19.5 Å². The molecule has 2 aliphatic rings. The zero-order valence-electron chi connectivity index (χ0n) is 12.2. The number of nitrogens with zero attached hydrogens (tertiary/aromatic N) is 3. The second-order valence-corrected chi connectivity index (χ2v) is 5.71. The summed E-state index contributed by atoms with van der Waals surface area (Å²) in [5.74, 6) is 1.02. The van der Waals surface area contributed by atoms with Gasteiger partial charge in [0.1, 0.15) is 0 Å². The van der Waals surface area contributed by atoms with E-state index in [-0.39, 0.29) is 5.54 Å². The van der Waals surface area contributed by atoms with E-state index < -0.39 is 0 Å². The lowest BCUT2D eigenvalue weighted by molar-refractivity contribution is 0.196. The summed E-state index contributed by atoms with van der Waals surface area (Å²) in [5, 5.41) is 3.53. The summed E-state index contributed by atoms with van der Waals surface area (Å²) in [6, 6.07) is 8.53. The number of fused-ring (bicyclic) bond motifs is 4. The van der Waals surface area contributed by atoms with Gasteiger partial charge in [0.25, 0.3) is 0 Å². The van der Waals surface area contributed by atoms with Gasteiger partial charge in [0, 0.05) is 32.6 Å². The number of anilines is 1. The van der Waals surface area contributed by atoms with E-state index in [1.54, 1.807) is 7.11 Å². The highest BCUT2D eigenvalue weighted by Crippen LogP contribution is 2.44. The highest BCUT2D eigenvalue weighted by atomic mass is 16.5. The summed E-state index contributed by atoms with van der Waals surface area (Å²) in [6.45, 7) is 3.61. The maximum absolute atomic E-state index is 5.34. The van der Waals surface area contributed by atoms with Crippen molar-refractivity contribution in [3.63, 3.8) is 0 Å². The predicted molar refractivity (Wildman–Crippen MR) is 82.0 cm³/mol. The van der Waals surface area contributed by atoms with E-state index >= 15 is 0 Å². The van der Waals surface area contributed by atoms with Crippen LogP contribution in [0.15, 0.2) is 36.7 Å². The van der Waals surface area contributed by atoms with Gasteiger partial charge in [0.05, 0.1) is 23.5 Å². The van der Waals surface area contributed by atoms with Gasteiger partial charge in [0.2, 0.25) is 0 Å². The van der Waals surface area contributed by atoms with E-state index in [9.17, 15) is 0 Å². The molecular weight excluding hydrogens is 264 g/mol. The van der Waals surface area contributed by atoms with Crippen LogP contribution in [-0.2, 0) is 10.3 Å². The lowest BCUT2D eigenvalue weighted by Gasteiger charge is -2.46. The minimum Gasteiger partial charge on any atom is -0.383 e. The molecule has 0 bridgehead atoms. The van der Waals surface area contributed by atoms with Crippen LogP contribution in [0.3, 0.4) is 0 Å². The van der Waals surface area contributed by atoms with Gasteiger partial charge in [-0.1, -0.05) is 0 Å². The summed E-state index contributed by atoms with van der Waals surface area (Å²) in [6.07, 6.45) is 5.09. The summed E-state index contributed by atoms with van der Waals surface area (Å²) < 4.78 is 7.58. The smallest absolute Gasteiger partial charge is 0.160 e. The maximum Gasteiger partial charge on any atom is 0.160 e. The Morgan fingerprint density at radius 3 is 3.14 bits per heavy atom. The number of aromatic nitrogens is 2. The molecule has 1 fully saturated rings. The van der Waals surface area contributed by atoms with Crippen molar-refractivity contribution in [3.05, 3.63) is 42.4 Å². The van der Waals surface area contributed by atoms with E-state index in [4.69, 9.17) is 4.74 Å². The fourth-order valence-corrected chi connectivity index (χ4v) is 3.74. The average molecular weight is 284 g/mol. The third-order valence-corrected chi connectivity index (χ3v) is 4.68. The molecule has 0 aliphatic carbocycles. The third-order valence-electron chi connectivity index (χ3n) is 4.68. The molecule has 2 aliphatic heterocycles. The van der Waals surface area contributed by atoms with Crippen LogP contribution in [0.1, 0.15) is 12.1 Å². The van der Waals surface area contributed by atoms with Crippen molar-refractivity contribution in [2.45, 2.75) is 12.0 Å². The van der Waals surface area contributed by atoms with E-state index in [1.165, 1.54) is 11.4 Å². The van der Waals surface area contributed by atoms with E-state index in [0.717, 1.165) is 38.5 Å². The van der Waals surface area contributed by atoms with Gasteiger partial charge in [-0.05, 0) is 37.2 Å². The van der Waals surface area contributed by atoms with Crippen molar-refractivity contribution in [3.8, 4) is 5.82 Å². The first-order chi connectivity index (χ1) is 10.4. The summed E-state index contributed by atoms with van der Waals surface area (Å²) >= 11 is 0. The Morgan fingerprint density at radius 1 is 1.38 bits per heavy atom. The monoisotopic (exact) mass is 284 g/mol. The van der Waals surface area contributed by atoms with Crippen molar-refractivity contribution < 1.29 is 4.74 Å². The first-order valence-corrected chi connectivity index (χ1v) is 7.47. The van der Waals surface area contributed by atoms with Gasteiger partial charge >= 0.3 is 0 Å². The Morgan fingerprint density at radius 2 is 2.33 bits per heavy atom. The van der Waals surface area contributed by atoms with Crippen molar-refractivity contribution in [1.29, 1.82) is 0 Å². The molecule has 2 aromatic rings. The normalized spacial score (nSPS) is 23.4. The van der Waals surface area contributed by atoms with Crippen molar-refractivity contribution >= 4 is 5.69 Å². The molecule has 5 heteroatoms. The molecule has 5 nitrogen and oxygen atoms in total. The standard InChI is InChI=1S/C16H20N4O/c1-21-11-10-20-13-4-2-7-18-15(13)19-9-3-5-14(19)16(20)6-8-17-12-16/h2-5,7,9,17H,6,8,10-12H2,1H3. The zero-order chi connectivity index (χ0) is 14.3. The SMILES string of the molecule is COCCN1c2cccnc2-n2cccc2C12CCNC2. The van der Waals surface area contributed by atoms with Crippen LogP contribution < -0.4 is 10.2 Å². The lowest BCUT2D eigenvalue weighted by atomic mass is 9.89. The second-order valence-electron chi connectivity index (χ2n) is 5.71. The van der Waals surface area contributed by atoms with Crippen LogP contribution >= 0.6 is 0 Å². The number of methoxy groups -OCH3 is 1. The Kier molecular flexibility index (Phi) is 2.97. The fourth-order valence-electron chi connectivity index (χ4n) is 3.74. The first kappa shape index (κ1) is 12.9. The summed E-state index contributed by atoms with van der Waals surface area (Å²) in [5.41, 5.74) is 2.54. The quantitative estimate of drug-likeness (QED) is 0.928. The zero-order valence-corrected chi connectivity index (χ0v) is 12.2. The molecule has 0 saturated carbocycles. The molecule has 1 saturated heterocycles. The van der Waals surface area contributed by atoms with Crippen molar-refractivity contribution in [2.75, 3.05) is 38.3 Å². The van der Waals surface area contributed by atoms with Crippen LogP contribution in [0.25, 0.3) is 5.82 Å². The predicted octanol–water partition coefficient (Wildman–Crippen LogP) is 1.53. The number of hydrogen-bond acceptors (Lipinski definition) is 4. The highest BCUT2D eigenvalue weighted by Gasteiger charge is 2.47. The minimum absolute atomic E-state index is 0.0120. The van der Waals surface area contributed by atoms with Crippen LogP contribution in [-0.4, -0.2) is 42.9 Å². The van der Waals surface area contributed by atoms with Crippen LogP contribution in [0.2, 0.25) is 0 Å². The fraction of sp³-hybridized carbons (Fsp3) is 0.438. The molecule has 1 atom stereocenters. The number of ether oxygens (including phenoxy) is 1. The topological polar surface area (TPSA) is 42.3 Å². The molecule has 0 amide bonds. The van der Waals surface area contributed by atoms with E-state index in [1.807, 2.05) is 12.3 Å². The van der Waals surface area contributed by atoms with Crippen molar-refractivity contribution in [2.24, 2.45) is 0 Å². The highest BCUT2D eigenvalue weighted by molar-refractivity contribution is 5.66. The Bertz CT molecular complexity index is 645. The van der Waals surface area contributed by atoms with Crippen molar-refractivity contribution in [1.82, 2.24) is 14.9 Å². The molecule has 4 heterocycles. The summed E-state index contributed by atoms with van der Waals surface area (Å²) in [4.78, 5) is 7.09. The number of hydrogen-bond donors (Lipinski definition) is 1. The molecule has 1 N–H and O–H groups in total. The Labute approximate surface area is 124 Å². The van der Waals surface area contributed by atoms with E-state index in [2.05, 4.69) is 44.2 Å². The molecule has 2 aromatic heterocycles. The van der Waals surface area contributed by atoms with Crippen LogP contribution in [0.4, 0.5) is 5.69 Å². The molecular formula is C16H20N4O. The first-order valence-electron chi connectivity index (χ1n) is 7.47. The molecule has 1 spiro atoms. The molecule has 110 valence electrons. The van der Waals surface area contributed by atoms with Crippen LogP contribution in [0.5, 0.6) is 0 Å². The van der Waals surface area contributed by atoms with Gasteiger partial charge in [-0.15, -0.1) is 0 Å². The number of pyridine rings is 1. The average Bonchev–Trinajstić information content (AvgIpc) is 3.17. The molecule has 0 radical (unpaired) electrons. The number of nitrogens with one attached hydrogen (secondary N) is 1. The Hall–Kier alpha value is -1.85. The lowest BCUT2D eigenvalue weighted by Crippen LogP contribution is -2.53. The largest absolute Gasteiger partial charge is 0.383 e. The van der Waals surface area contributed by atoms with Crippen LogP contribution in [0, 0.1) is 0 Å². The van der Waals surface area contributed by atoms with Gasteiger partial charge in [-0.25, -0.2) is 4.98 Å². The van der Waals surface area contributed by atoms with Gasteiger partial charge in [0.15, 0.2) is 5.82 Å². The van der Waals surface area contributed by atoms with Gasteiger partial charge in [-0.3, -0.25) is 0 Å². The molecule has 1 unspecified atom stereocenters. The van der Waals surface area contributed by atoms with E-state index in [0.29, 0.717) is 0 Å². The maximum atomic E-state index is 5.34. The molecule has 21 heavy (non-hydrogen) atoms. The number of rotatable bonds is 3. The van der Waals surface area contributed by atoms with Gasteiger partial charge in [-0.2, -0.15) is 0 Å². The Balaban J connectivity index is 1.91. The minimum atomic E-state index is 0.0120. The second kappa shape index (κ2) is 4.86. The summed E-state index contributed by atoms with van der Waals surface area (Å²) in [7, 11) is 1.76. The molecule has 4 rings (SSSR count). The third kappa shape index (κ3) is 1.74. The molecule has 0 aromatic carbocycles.